The Morgan fingerprint density at radius 1 is 0.133 bits per heavy atom. The molecular formula is C120H90F24S6+6. The summed E-state index contributed by atoms with van der Waals surface area (Å²) in [5.74, 6) is 0. The van der Waals surface area contributed by atoms with E-state index in [0.717, 1.165) is 137 Å². The molecule has 0 aliphatic heterocycles. The van der Waals surface area contributed by atoms with Gasteiger partial charge in [0.1, 0.15) is 0 Å². The summed E-state index contributed by atoms with van der Waals surface area (Å²) in [5, 5.41) is 0. The van der Waals surface area contributed by atoms with E-state index in [1.165, 1.54) is 72.8 Å². The van der Waals surface area contributed by atoms with Crippen LogP contribution in [0.2, 0.25) is 0 Å². The number of hydrogen-bond donors (Lipinski definition) is 0. The van der Waals surface area contributed by atoms with E-state index in [9.17, 15) is 105 Å². The molecule has 0 bridgehead atoms. The van der Waals surface area contributed by atoms with Crippen LogP contribution in [-0.2, 0) is 115 Å². The van der Waals surface area contributed by atoms with Gasteiger partial charge >= 0.3 is 49.4 Å². The molecule has 0 aromatic heterocycles. The molecule has 0 spiro atoms. The summed E-state index contributed by atoms with van der Waals surface area (Å²) in [6.45, 7) is 3.92. The molecule has 0 radical (unpaired) electrons. The Labute approximate surface area is 869 Å². The highest BCUT2D eigenvalue weighted by Crippen LogP contribution is 2.45. The molecule has 0 amide bonds. The molecule has 1 unspecified atom stereocenters. The standard InChI is InChI=1S/C21H15F6S.C20H13F6S.3C20H16F3S.C19H14F3S/c1-14-2-8-17(9-3-14)28(18-10-4-15(5-11-18)20(22,23)24)19-12-6-16(7-13-19)21(25,26)27;21-19(22,23)14-6-4-10-17(12-14)27(16-8-2-1-3-9-16)18-11-5-7-15(13-18)20(24,25)26;1-15-7-11-18(12-8-15)24(17-5-3-2-4-6-17)19-13-9-16(10-14-19)20(21,22)23;2*21-20(22,23)15-16-8-7-13-19(14-16)24(17-9-3-1-4-10-17)18-11-5-2-6-12-18;20-19(21,22)15-8-7-13-18(14-15)23(16-9-3-1-4-10-16)17-11-5-2-6-12-17/h2-13H,1H3;1-13H;2-14H,1H3;2*1-14H,15H2;1-14H/q6*+1. The maximum absolute atomic E-state index is 13.1. The van der Waals surface area contributed by atoms with Gasteiger partial charge in [-0.3, -0.25) is 0 Å². The minimum Gasteiger partial charge on any atom is -0.171 e. The van der Waals surface area contributed by atoms with Crippen molar-refractivity contribution >= 4 is 65.4 Å². The first-order valence-electron chi connectivity index (χ1n) is 45.6. The lowest BCUT2D eigenvalue weighted by atomic mass is 10.1. The Kier molecular flexibility index (Phi) is 38.8. The lowest BCUT2D eigenvalue weighted by molar-refractivity contribution is -0.138. The van der Waals surface area contributed by atoms with Gasteiger partial charge in [0.05, 0.1) is 112 Å². The second-order valence-corrected chi connectivity index (χ2v) is 45.1. The van der Waals surface area contributed by atoms with Crippen molar-refractivity contribution < 1.29 is 105 Å². The summed E-state index contributed by atoms with van der Waals surface area (Å²) in [6.07, 6.45) is -36.8. The molecule has 0 saturated heterocycles. The van der Waals surface area contributed by atoms with Gasteiger partial charge < -0.3 is 0 Å². The van der Waals surface area contributed by atoms with E-state index in [2.05, 4.69) is 0 Å². The number of hydrogen-bond acceptors (Lipinski definition) is 0. The quantitative estimate of drug-likeness (QED) is 0.0527. The molecule has 18 aromatic carbocycles. The van der Waals surface area contributed by atoms with Crippen LogP contribution in [0.15, 0.2) is 573 Å². The zero-order valence-electron chi connectivity index (χ0n) is 79.1. The molecule has 18 aromatic rings. The average molecular weight is 2180 g/mol. The molecule has 0 fully saturated rings. The molecule has 1 atom stereocenters. The van der Waals surface area contributed by atoms with Gasteiger partial charge in [0.25, 0.3) is 0 Å². The maximum Gasteiger partial charge on any atom is 0.416 e. The zero-order chi connectivity index (χ0) is 108. The minimum absolute atomic E-state index is 0.296. The molecule has 30 heteroatoms. The Bertz CT molecular complexity index is 6840. The highest BCUT2D eigenvalue weighted by Gasteiger charge is 2.43. The Hall–Kier alpha value is -13.6. The van der Waals surface area contributed by atoms with Crippen molar-refractivity contribution in [2.75, 3.05) is 0 Å². The van der Waals surface area contributed by atoms with Gasteiger partial charge in [-0.1, -0.05) is 223 Å². The third kappa shape index (κ3) is 33.2. The number of aryl methyl sites for hydroxylation is 2. The summed E-state index contributed by atoms with van der Waals surface area (Å²) in [6, 6.07) is 136. The van der Waals surface area contributed by atoms with E-state index in [1.54, 1.807) is 72.8 Å². The molecule has 0 N–H and O–H groups in total. The maximum atomic E-state index is 13.1. The van der Waals surface area contributed by atoms with Crippen molar-refractivity contribution in [1.82, 2.24) is 0 Å². The van der Waals surface area contributed by atoms with Crippen molar-refractivity contribution in [1.29, 1.82) is 0 Å². The van der Waals surface area contributed by atoms with Gasteiger partial charge in [0, 0.05) is 18.2 Å². The Balaban J connectivity index is 0.000000150. The van der Waals surface area contributed by atoms with Crippen molar-refractivity contribution in [3.05, 3.63) is 541 Å². The number of alkyl halides is 24. The molecule has 0 heterocycles. The van der Waals surface area contributed by atoms with Gasteiger partial charge in [0.2, 0.25) is 0 Å². The molecule has 0 nitrogen and oxygen atoms in total. The summed E-state index contributed by atoms with van der Waals surface area (Å²) in [5.41, 5.74) is -1.68. The fourth-order valence-corrected chi connectivity index (χ4v) is 27.7. The van der Waals surface area contributed by atoms with Crippen molar-refractivity contribution in [2.45, 2.75) is 164 Å². The summed E-state index contributed by atoms with van der Waals surface area (Å²) < 4.78 is 310. The topological polar surface area (TPSA) is 0 Å². The first-order chi connectivity index (χ1) is 71.3. The van der Waals surface area contributed by atoms with Crippen LogP contribution in [0.3, 0.4) is 0 Å². The first-order valence-corrected chi connectivity index (χ1v) is 53.0. The average Bonchev–Trinajstić information content (AvgIpc) is 0.828. The van der Waals surface area contributed by atoms with Crippen LogP contribution in [0.4, 0.5) is 105 Å². The third-order valence-corrected chi connectivity index (χ3v) is 35.2. The highest BCUT2D eigenvalue weighted by atomic mass is 32.2. The fourth-order valence-electron chi connectivity index (χ4n) is 15.0. The summed E-state index contributed by atoms with van der Waals surface area (Å²) in [7, 11) is -3.76. The SMILES string of the molecule is Cc1ccc([S+](c2ccc(C(F)(F)F)cc2)c2ccc(C(F)(F)F)cc2)cc1.Cc1ccc([S+](c2ccccc2)c2ccc(C(F)(F)F)cc2)cc1.FC(F)(F)Cc1cccc([S+](c2ccccc2)c2ccccc2)c1.FC(F)(F)Cc1cccc([S+](c2ccccc2)c2ccccc2)c1.FC(F)(F)c1cccc([S+](c2ccccc2)c2cccc(C(F)(F)F)c2)c1.FC(F)(F)c1cccc([S+](c2ccccc2)c2ccccc2)c1. The van der Waals surface area contributed by atoms with E-state index in [-0.39, 0.29) is 0 Å². The van der Waals surface area contributed by atoms with Gasteiger partial charge in [-0.25, -0.2) is 0 Å². The predicted molar refractivity (Wildman–Crippen MR) is 548 cm³/mol. The van der Waals surface area contributed by atoms with Crippen LogP contribution in [0.5, 0.6) is 0 Å². The monoisotopic (exact) mass is 2180 g/mol. The van der Waals surface area contributed by atoms with Crippen molar-refractivity contribution in [3.63, 3.8) is 0 Å². The third-order valence-electron chi connectivity index (χ3n) is 21.9. The molecule has 768 valence electrons. The highest BCUT2D eigenvalue weighted by molar-refractivity contribution is 7.98. The molecule has 18 rings (SSSR count). The largest absolute Gasteiger partial charge is 0.416 e. The summed E-state index contributed by atoms with van der Waals surface area (Å²) >= 11 is 0. The first kappa shape index (κ1) is 114. The lowest BCUT2D eigenvalue weighted by Crippen LogP contribution is -2.12. The number of halogens is 24. The van der Waals surface area contributed by atoms with Crippen LogP contribution < -0.4 is 0 Å². The fraction of sp³-hybridized carbons (Fsp3) is 0.100. The Morgan fingerprint density at radius 3 is 0.447 bits per heavy atom. The van der Waals surface area contributed by atoms with Crippen LogP contribution >= 0.6 is 0 Å². The zero-order valence-corrected chi connectivity index (χ0v) is 84.0. The second kappa shape index (κ2) is 51.3. The van der Waals surface area contributed by atoms with Crippen LogP contribution in [0, 0.1) is 13.8 Å². The molecule has 0 aliphatic rings. The van der Waals surface area contributed by atoms with Gasteiger partial charge in [-0.15, -0.1) is 0 Å². The molecule has 150 heavy (non-hydrogen) atoms. The molecular weight excluding hydrogens is 2090 g/mol. The number of benzene rings is 18. The Morgan fingerprint density at radius 2 is 0.273 bits per heavy atom. The second-order valence-electron chi connectivity index (χ2n) is 33.0. The lowest BCUT2D eigenvalue weighted by Gasteiger charge is -2.12. The van der Waals surface area contributed by atoms with Gasteiger partial charge in [-0.2, -0.15) is 105 Å². The van der Waals surface area contributed by atoms with E-state index in [1.807, 2.05) is 287 Å². The van der Waals surface area contributed by atoms with Crippen LogP contribution in [-0.4, -0.2) is 12.4 Å². The van der Waals surface area contributed by atoms with E-state index >= 15 is 0 Å². The normalized spacial score (nSPS) is 12.1. The van der Waals surface area contributed by atoms with Crippen molar-refractivity contribution in [3.8, 4) is 0 Å². The van der Waals surface area contributed by atoms with Gasteiger partial charge in [0.15, 0.2) is 88.1 Å². The van der Waals surface area contributed by atoms with E-state index < -0.39 is 161 Å². The van der Waals surface area contributed by atoms with Gasteiger partial charge in [-0.05, 0) is 280 Å². The van der Waals surface area contributed by atoms with Crippen LogP contribution in [0.25, 0.3) is 0 Å². The minimum atomic E-state index is -4.53. The van der Waals surface area contributed by atoms with E-state index in [0.29, 0.717) is 40.5 Å². The van der Waals surface area contributed by atoms with Crippen molar-refractivity contribution in [2.24, 2.45) is 0 Å². The van der Waals surface area contributed by atoms with Crippen LogP contribution in [0.1, 0.15) is 55.6 Å². The predicted octanol–water partition coefficient (Wildman–Crippen LogP) is 37.6. The van der Waals surface area contributed by atoms with E-state index in [4.69, 9.17) is 0 Å². The summed E-state index contributed by atoms with van der Waals surface area (Å²) in [4.78, 5) is 15.1. The molecule has 0 aliphatic carbocycles. The molecule has 0 saturated carbocycles. The number of rotatable bonds is 20. The smallest absolute Gasteiger partial charge is 0.171 e.